The van der Waals surface area contributed by atoms with E-state index in [0.29, 0.717) is 11.1 Å². The first kappa shape index (κ1) is 16.8. The van der Waals surface area contributed by atoms with Crippen LogP contribution in [0.15, 0.2) is 66.7 Å². The Balaban J connectivity index is 1.93. The van der Waals surface area contributed by atoms with E-state index in [0.717, 1.165) is 22.3 Å². The van der Waals surface area contributed by atoms with Crippen molar-refractivity contribution < 1.29 is 19.4 Å². The van der Waals surface area contributed by atoms with Crippen LogP contribution in [0.3, 0.4) is 0 Å². The fourth-order valence-corrected chi connectivity index (χ4v) is 3.36. The predicted molar refractivity (Wildman–Crippen MR) is 103 cm³/mol. The Morgan fingerprint density at radius 1 is 0.889 bits per heavy atom. The Morgan fingerprint density at radius 2 is 1.44 bits per heavy atom. The highest BCUT2D eigenvalue weighted by molar-refractivity contribution is 6.20. The largest absolute Gasteiger partial charge is 0.507 e. The number of methoxy groups -OCH3 is 1. The summed E-state index contributed by atoms with van der Waals surface area (Å²) in [5, 5.41) is 9.93. The van der Waals surface area contributed by atoms with Crippen LogP contribution in [0.25, 0.3) is 11.6 Å². The van der Waals surface area contributed by atoms with Gasteiger partial charge in [0.25, 0.3) is 0 Å². The van der Waals surface area contributed by atoms with Gasteiger partial charge in [0.05, 0.1) is 7.11 Å². The molecular formula is C23H16O4. The average Bonchev–Trinajstić information content (AvgIpc) is 2.71. The fraction of sp³-hybridized carbons (Fsp3) is 0.0435. The van der Waals surface area contributed by atoms with E-state index < -0.39 is 5.97 Å². The van der Waals surface area contributed by atoms with Gasteiger partial charge in [-0.3, -0.25) is 4.79 Å². The molecule has 1 aliphatic carbocycles. The van der Waals surface area contributed by atoms with Crippen molar-refractivity contribution in [3.05, 3.63) is 100 Å². The summed E-state index contributed by atoms with van der Waals surface area (Å²) in [5.74, 6) is -0.740. The molecule has 3 aromatic rings. The predicted octanol–water partition coefficient (Wildman–Crippen LogP) is 4.31. The molecule has 0 radical (unpaired) electrons. The van der Waals surface area contributed by atoms with Gasteiger partial charge in [0.15, 0.2) is 5.78 Å². The molecule has 0 fully saturated rings. The molecule has 4 heteroatoms. The number of rotatable bonds is 2. The lowest BCUT2D eigenvalue weighted by atomic mass is 9.80. The standard InChI is InChI=1S/C23H16O4/c1-27-23(26)20-13-14(10-11-21(20)24)12-19-15-6-2-4-8-17(15)22(25)18-9-5-3-7-16(18)19/h2-13,24H,1H3. The lowest BCUT2D eigenvalue weighted by Gasteiger charge is -2.21. The van der Waals surface area contributed by atoms with Gasteiger partial charge in [0, 0.05) is 11.1 Å². The van der Waals surface area contributed by atoms with E-state index in [-0.39, 0.29) is 17.1 Å². The van der Waals surface area contributed by atoms with Crippen LogP contribution in [0.1, 0.15) is 43.0 Å². The molecule has 0 unspecified atom stereocenters. The third-order valence-electron chi connectivity index (χ3n) is 4.66. The average molecular weight is 356 g/mol. The molecule has 1 aliphatic rings. The summed E-state index contributed by atoms with van der Waals surface area (Å²) >= 11 is 0. The molecule has 0 saturated heterocycles. The first-order valence-corrected chi connectivity index (χ1v) is 8.46. The molecule has 0 aromatic heterocycles. The Labute approximate surface area is 156 Å². The molecule has 0 aliphatic heterocycles. The van der Waals surface area contributed by atoms with Crippen molar-refractivity contribution in [1.29, 1.82) is 0 Å². The van der Waals surface area contributed by atoms with Crippen molar-refractivity contribution in [2.45, 2.75) is 0 Å². The van der Waals surface area contributed by atoms with E-state index in [4.69, 9.17) is 4.74 Å². The molecule has 4 rings (SSSR count). The second kappa shape index (κ2) is 6.57. The van der Waals surface area contributed by atoms with Crippen LogP contribution in [0.5, 0.6) is 5.75 Å². The van der Waals surface area contributed by atoms with E-state index >= 15 is 0 Å². The monoisotopic (exact) mass is 356 g/mol. The summed E-state index contributed by atoms with van der Waals surface area (Å²) in [6, 6.07) is 19.7. The molecule has 0 bridgehead atoms. The lowest BCUT2D eigenvalue weighted by Crippen LogP contribution is -2.14. The maximum atomic E-state index is 12.8. The summed E-state index contributed by atoms with van der Waals surface area (Å²) in [4.78, 5) is 24.7. The Morgan fingerprint density at radius 3 is 2.00 bits per heavy atom. The van der Waals surface area contributed by atoms with E-state index in [1.165, 1.54) is 13.2 Å². The van der Waals surface area contributed by atoms with Crippen molar-refractivity contribution in [1.82, 2.24) is 0 Å². The van der Waals surface area contributed by atoms with Crippen molar-refractivity contribution in [2.75, 3.05) is 7.11 Å². The third-order valence-corrected chi connectivity index (χ3v) is 4.66. The Hall–Kier alpha value is -3.66. The van der Waals surface area contributed by atoms with Crippen LogP contribution >= 0.6 is 0 Å². The van der Waals surface area contributed by atoms with Gasteiger partial charge in [-0.1, -0.05) is 54.6 Å². The Bertz CT molecular complexity index is 1060. The highest BCUT2D eigenvalue weighted by atomic mass is 16.5. The second-order valence-electron chi connectivity index (χ2n) is 6.25. The molecular weight excluding hydrogens is 340 g/mol. The van der Waals surface area contributed by atoms with Crippen molar-refractivity contribution in [3.63, 3.8) is 0 Å². The van der Waals surface area contributed by atoms with Crippen LogP contribution in [0.4, 0.5) is 0 Å². The first-order valence-electron chi connectivity index (χ1n) is 8.46. The van der Waals surface area contributed by atoms with Crippen molar-refractivity contribution in [2.24, 2.45) is 0 Å². The first-order chi connectivity index (χ1) is 13.1. The van der Waals surface area contributed by atoms with E-state index in [1.54, 1.807) is 12.1 Å². The van der Waals surface area contributed by atoms with Crippen molar-refractivity contribution >= 4 is 23.4 Å². The third kappa shape index (κ3) is 2.81. The molecule has 27 heavy (non-hydrogen) atoms. The van der Waals surface area contributed by atoms with Crippen molar-refractivity contribution in [3.8, 4) is 5.75 Å². The second-order valence-corrected chi connectivity index (χ2v) is 6.25. The highest BCUT2D eigenvalue weighted by Gasteiger charge is 2.26. The quantitative estimate of drug-likeness (QED) is 0.544. The number of carbonyl (C=O) groups excluding carboxylic acids is 2. The number of phenolic OH excluding ortho intramolecular Hbond substituents is 1. The molecule has 0 atom stereocenters. The maximum absolute atomic E-state index is 12.8. The number of aromatic hydroxyl groups is 1. The maximum Gasteiger partial charge on any atom is 0.341 e. The normalized spacial score (nSPS) is 12.2. The van der Waals surface area contributed by atoms with Gasteiger partial charge in [-0.25, -0.2) is 4.79 Å². The lowest BCUT2D eigenvalue weighted by molar-refractivity contribution is 0.0597. The van der Waals surface area contributed by atoms with Gasteiger partial charge in [0.1, 0.15) is 11.3 Å². The number of fused-ring (bicyclic) bond motifs is 2. The number of hydrogen-bond acceptors (Lipinski definition) is 4. The molecule has 132 valence electrons. The zero-order valence-corrected chi connectivity index (χ0v) is 14.6. The summed E-state index contributed by atoms with van der Waals surface area (Å²) in [6.45, 7) is 0. The summed E-state index contributed by atoms with van der Waals surface area (Å²) in [7, 11) is 1.27. The molecule has 1 N–H and O–H groups in total. The molecule has 0 saturated carbocycles. The molecule has 0 heterocycles. The Kier molecular flexibility index (Phi) is 4.09. The zero-order chi connectivity index (χ0) is 19.0. The number of ketones is 1. The minimum atomic E-state index is -0.604. The van der Waals surface area contributed by atoms with Crippen LogP contribution in [0.2, 0.25) is 0 Å². The number of esters is 1. The number of ether oxygens (including phenoxy) is 1. The molecule has 0 amide bonds. The highest BCUT2D eigenvalue weighted by Crippen LogP contribution is 2.37. The SMILES string of the molecule is COC(=O)c1cc(C=C2c3ccccc3C(=O)c3ccccc32)ccc1O. The van der Waals surface area contributed by atoms with Gasteiger partial charge in [-0.15, -0.1) is 0 Å². The summed E-state index contributed by atoms with van der Waals surface area (Å²) in [6.07, 6.45) is 1.91. The van der Waals surface area contributed by atoms with Gasteiger partial charge in [-0.05, 0) is 40.5 Å². The van der Waals surface area contributed by atoms with Crippen LogP contribution in [0, 0.1) is 0 Å². The number of hydrogen-bond donors (Lipinski definition) is 1. The van der Waals surface area contributed by atoms with Gasteiger partial charge in [0.2, 0.25) is 0 Å². The molecule has 3 aromatic carbocycles. The van der Waals surface area contributed by atoms with Gasteiger partial charge >= 0.3 is 5.97 Å². The summed E-state index contributed by atoms with van der Waals surface area (Å²) < 4.78 is 4.72. The number of phenols is 1. The number of carbonyl (C=O) groups is 2. The topological polar surface area (TPSA) is 63.6 Å². The van der Waals surface area contributed by atoms with Gasteiger partial charge < -0.3 is 9.84 Å². The fourth-order valence-electron chi connectivity index (χ4n) is 3.36. The van der Waals surface area contributed by atoms with E-state index in [2.05, 4.69) is 0 Å². The minimum Gasteiger partial charge on any atom is -0.507 e. The van der Waals surface area contributed by atoms with Crippen LogP contribution in [-0.4, -0.2) is 24.0 Å². The zero-order valence-electron chi connectivity index (χ0n) is 14.6. The number of benzene rings is 3. The summed E-state index contributed by atoms with van der Waals surface area (Å²) in [5.41, 5.74) is 4.69. The molecule has 0 spiro atoms. The molecule has 4 nitrogen and oxygen atoms in total. The van der Waals surface area contributed by atoms with E-state index in [1.807, 2.05) is 54.6 Å². The van der Waals surface area contributed by atoms with E-state index in [9.17, 15) is 14.7 Å². The van der Waals surface area contributed by atoms with Crippen LogP contribution in [-0.2, 0) is 4.74 Å². The smallest absolute Gasteiger partial charge is 0.341 e. The van der Waals surface area contributed by atoms with Gasteiger partial charge in [-0.2, -0.15) is 0 Å². The minimum absolute atomic E-state index is 0.000643. The van der Waals surface area contributed by atoms with Crippen LogP contribution < -0.4 is 0 Å².